The van der Waals surface area contributed by atoms with Crippen LogP contribution in [0.3, 0.4) is 0 Å². The van der Waals surface area contributed by atoms with E-state index in [2.05, 4.69) is 24.3 Å². The van der Waals surface area contributed by atoms with E-state index >= 15 is 0 Å². The van der Waals surface area contributed by atoms with Gasteiger partial charge >= 0.3 is 5.97 Å². The first-order valence-corrected chi connectivity index (χ1v) is 16.9. The molecule has 0 aromatic heterocycles. The summed E-state index contributed by atoms with van der Waals surface area (Å²) in [5, 5.41) is 11.3. The number of rotatable bonds is 8. The molecule has 4 aliphatic rings. The fourth-order valence-corrected chi connectivity index (χ4v) is 8.12. The minimum Gasteiger partial charge on any atom is -0.425 e. The Balaban J connectivity index is 1.24. The summed E-state index contributed by atoms with van der Waals surface area (Å²) in [4.78, 5) is 15.9. The Bertz CT molecular complexity index is 1200. The molecule has 0 radical (unpaired) electrons. The number of hydrogen-bond donors (Lipinski definition) is 1. The Kier molecular flexibility index (Phi) is 9.24. The standard InChI is InChI=1S/C32H40O8S2/c1-30(2)35-19-26(38-30)27(33)28-29(34)40-32(18-10-12-23(37-32)21-42-25-15-7-4-8-16-25)31(39-28)17-9-11-22(36-31)20-41-24-13-5-3-6-14-24/h3-8,13-16,22-23,26-28,33H,9-12,17-21H2,1-2H3/t22-,23-,26-,27+,28+,31-,32-/m1/s1. The Morgan fingerprint density at radius 2 is 1.36 bits per heavy atom. The average molecular weight is 617 g/mol. The molecule has 0 amide bonds. The second kappa shape index (κ2) is 12.8. The van der Waals surface area contributed by atoms with E-state index in [0.717, 1.165) is 35.5 Å². The van der Waals surface area contributed by atoms with Crippen molar-refractivity contribution in [2.24, 2.45) is 0 Å². The number of fused-ring (bicyclic) bond motifs is 1. The van der Waals surface area contributed by atoms with E-state index in [0.29, 0.717) is 24.3 Å². The second-order valence-corrected chi connectivity index (χ2v) is 14.0. The molecule has 7 atom stereocenters. The molecule has 2 aromatic carbocycles. The summed E-state index contributed by atoms with van der Waals surface area (Å²) in [6.07, 6.45) is 0.628. The Hall–Kier alpha value is -1.63. The second-order valence-electron chi connectivity index (χ2n) is 11.8. The predicted octanol–water partition coefficient (Wildman–Crippen LogP) is 5.56. The first-order chi connectivity index (χ1) is 20.3. The predicted molar refractivity (Wildman–Crippen MR) is 159 cm³/mol. The van der Waals surface area contributed by atoms with Crippen molar-refractivity contribution in [3.05, 3.63) is 60.7 Å². The van der Waals surface area contributed by atoms with Gasteiger partial charge in [0.05, 0.1) is 18.8 Å². The van der Waals surface area contributed by atoms with Crippen molar-refractivity contribution in [1.82, 2.24) is 0 Å². The maximum Gasteiger partial charge on any atom is 0.340 e. The van der Waals surface area contributed by atoms with Crippen LogP contribution in [0, 0.1) is 0 Å². The van der Waals surface area contributed by atoms with Crippen LogP contribution in [-0.2, 0) is 33.2 Å². The summed E-state index contributed by atoms with van der Waals surface area (Å²) >= 11 is 3.44. The molecular formula is C32H40O8S2. The van der Waals surface area contributed by atoms with Gasteiger partial charge in [0.1, 0.15) is 12.2 Å². The fourth-order valence-electron chi connectivity index (χ4n) is 6.20. The number of ether oxygens (including phenoxy) is 6. The molecule has 4 heterocycles. The van der Waals surface area contributed by atoms with Gasteiger partial charge in [-0.25, -0.2) is 4.79 Å². The first kappa shape index (κ1) is 30.4. The van der Waals surface area contributed by atoms with Gasteiger partial charge < -0.3 is 33.5 Å². The SMILES string of the molecule is CC1(C)OC[C@H]([C@H](O)[C@@H]2O[C@]3(CCC[C@H](CSc4ccccc4)O3)[C@@]3(CCC[C@H](CSc4ccccc4)O3)OC2=O)O1. The number of aliphatic hydroxyl groups is 1. The highest BCUT2D eigenvalue weighted by Gasteiger charge is 2.67. The molecule has 0 unspecified atom stereocenters. The van der Waals surface area contributed by atoms with Crippen LogP contribution in [-0.4, -0.2) is 77.1 Å². The van der Waals surface area contributed by atoms with Crippen molar-refractivity contribution in [3.8, 4) is 0 Å². The van der Waals surface area contributed by atoms with Crippen LogP contribution in [0.15, 0.2) is 70.5 Å². The van der Waals surface area contributed by atoms with E-state index in [9.17, 15) is 9.90 Å². The van der Waals surface area contributed by atoms with Gasteiger partial charge in [0.2, 0.25) is 5.79 Å². The van der Waals surface area contributed by atoms with Gasteiger partial charge in [-0.1, -0.05) is 36.4 Å². The number of carbonyl (C=O) groups is 1. The number of carbonyl (C=O) groups excluding carboxylic acids is 1. The third-order valence-corrected chi connectivity index (χ3v) is 10.5. The molecule has 2 aromatic rings. The maximum atomic E-state index is 13.6. The number of aliphatic hydroxyl groups excluding tert-OH is 1. The van der Waals surface area contributed by atoms with E-state index < -0.39 is 41.6 Å². The molecule has 1 N–H and O–H groups in total. The summed E-state index contributed by atoms with van der Waals surface area (Å²) < 4.78 is 38.0. The monoisotopic (exact) mass is 616 g/mol. The number of esters is 1. The van der Waals surface area contributed by atoms with E-state index in [1.54, 1.807) is 37.4 Å². The molecule has 4 saturated heterocycles. The van der Waals surface area contributed by atoms with Crippen molar-refractivity contribution in [3.63, 3.8) is 0 Å². The Labute approximate surface area is 256 Å². The summed E-state index contributed by atoms with van der Waals surface area (Å²) in [5.74, 6) is -2.85. The summed E-state index contributed by atoms with van der Waals surface area (Å²) in [6.45, 7) is 3.70. The smallest absolute Gasteiger partial charge is 0.340 e. The van der Waals surface area contributed by atoms with Crippen LogP contribution in [0.4, 0.5) is 0 Å². The number of benzene rings is 2. The topological polar surface area (TPSA) is 92.7 Å². The lowest BCUT2D eigenvalue weighted by Crippen LogP contribution is -2.72. The zero-order chi connectivity index (χ0) is 29.2. The maximum absolute atomic E-state index is 13.6. The molecule has 4 fully saturated rings. The lowest BCUT2D eigenvalue weighted by molar-refractivity contribution is -0.460. The minimum atomic E-state index is -1.40. The van der Waals surface area contributed by atoms with Gasteiger partial charge in [0.25, 0.3) is 5.79 Å². The van der Waals surface area contributed by atoms with Crippen LogP contribution in [0.25, 0.3) is 0 Å². The average Bonchev–Trinajstić information content (AvgIpc) is 3.37. The third-order valence-electron chi connectivity index (χ3n) is 8.25. The van der Waals surface area contributed by atoms with Gasteiger partial charge in [-0.2, -0.15) is 0 Å². The molecule has 228 valence electrons. The van der Waals surface area contributed by atoms with Gasteiger partial charge in [-0.05, 0) is 63.8 Å². The van der Waals surface area contributed by atoms with Crippen LogP contribution in [0.2, 0.25) is 0 Å². The minimum absolute atomic E-state index is 0.145. The molecule has 8 nitrogen and oxygen atoms in total. The third kappa shape index (κ3) is 6.56. The van der Waals surface area contributed by atoms with Crippen molar-refractivity contribution >= 4 is 29.5 Å². The van der Waals surface area contributed by atoms with E-state index in [-0.39, 0.29) is 18.8 Å². The molecule has 0 bridgehead atoms. The van der Waals surface area contributed by atoms with Crippen molar-refractivity contribution < 1.29 is 38.3 Å². The summed E-state index contributed by atoms with van der Waals surface area (Å²) in [7, 11) is 0. The molecular weight excluding hydrogens is 576 g/mol. The van der Waals surface area contributed by atoms with Crippen molar-refractivity contribution in [2.45, 2.75) is 110 Å². The number of hydrogen-bond acceptors (Lipinski definition) is 10. The highest BCUT2D eigenvalue weighted by molar-refractivity contribution is 7.99. The summed E-state index contributed by atoms with van der Waals surface area (Å²) in [5.41, 5.74) is 0. The van der Waals surface area contributed by atoms with E-state index in [4.69, 9.17) is 28.4 Å². The van der Waals surface area contributed by atoms with Crippen LogP contribution in [0.5, 0.6) is 0 Å². The highest BCUT2D eigenvalue weighted by atomic mass is 32.2. The molecule has 2 spiro atoms. The van der Waals surface area contributed by atoms with E-state index in [1.807, 2.05) is 36.4 Å². The molecule has 4 aliphatic heterocycles. The Morgan fingerprint density at radius 1 is 0.810 bits per heavy atom. The van der Waals surface area contributed by atoms with Gasteiger partial charge in [0.15, 0.2) is 11.9 Å². The summed E-state index contributed by atoms with van der Waals surface area (Å²) in [6, 6.07) is 20.4. The zero-order valence-corrected chi connectivity index (χ0v) is 25.8. The highest BCUT2D eigenvalue weighted by Crippen LogP contribution is 2.51. The Morgan fingerprint density at radius 3 is 1.90 bits per heavy atom. The quantitative estimate of drug-likeness (QED) is 0.300. The molecule has 10 heteroatoms. The zero-order valence-electron chi connectivity index (χ0n) is 24.1. The first-order valence-electron chi connectivity index (χ1n) is 14.9. The normalized spacial score (nSPS) is 35.3. The van der Waals surface area contributed by atoms with Gasteiger partial charge in [-0.3, -0.25) is 0 Å². The molecule has 0 aliphatic carbocycles. The van der Waals surface area contributed by atoms with Crippen LogP contribution >= 0.6 is 23.5 Å². The molecule has 0 saturated carbocycles. The lowest BCUT2D eigenvalue weighted by Gasteiger charge is -2.57. The lowest BCUT2D eigenvalue weighted by atomic mass is 9.86. The van der Waals surface area contributed by atoms with Crippen molar-refractivity contribution in [2.75, 3.05) is 18.1 Å². The van der Waals surface area contributed by atoms with E-state index in [1.165, 1.54) is 0 Å². The van der Waals surface area contributed by atoms with Crippen LogP contribution < -0.4 is 0 Å². The van der Waals surface area contributed by atoms with Gasteiger partial charge in [0, 0.05) is 34.1 Å². The molecule has 6 rings (SSSR count). The van der Waals surface area contributed by atoms with Gasteiger partial charge in [-0.15, -0.1) is 23.5 Å². The number of thioether (sulfide) groups is 2. The fraction of sp³-hybridized carbons (Fsp3) is 0.594. The molecule has 42 heavy (non-hydrogen) atoms. The van der Waals surface area contributed by atoms with Crippen molar-refractivity contribution in [1.29, 1.82) is 0 Å². The largest absolute Gasteiger partial charge is 0.425 e. The van der Waals surface area contributed by atoms with Crippen LogP contribution in [0.1, 0.15) is 52.4 Å².